The van der Waals surface area contributed by atoms with Crippen molar-refractivity contribution in [2.24, 2.45) is 5.73 Å². The average Bonchev–Trinajstić information content (AvgIpc) is 2.00. The first-order chi connectivity index (χ1) is 5.21. The molecule has 11 heavy (non-hydrogen) atoms. The molecule has 1 aliphatic rings. The van der Waals surface area contributed by atoms with Crippen molar-refractivity contribution in [1.29, 1.82) is 0 Å². The van der Waals surface area contributed by atoms with Gasteiger partial charge < -0.3 is 5.73 Å². The second-order valence-electron chi connectivity index (χ2n) is 3.72. The summed E-state index contributed by atoms with van der Waals surface area (Å²) in [5.74, 6) is 0. The van der Waals surface area contributed by atoms with Crippen LogP contribution in [0.2, 0.25) is 0 Å². The lowest BCUT2D eigenvalue weighted by molar-refractivity contribution is 0.493. The molecule has 0 radical (unpaired) electrons. The Labute approximate surface area is 75.1 Å². The molecular weight excluding hydrogens is 154 g/mol. The summed E-state index contributed by atoms with van der Waals surface area (Å²) in [6, 6.07) is 0. The third-order valence-electron chi connectivity index (χ3n) is 2.47. The van der Waals surface area contributed by atoms with Gasteiger partial charge in [0.2, 0.25) is 0 Å². The van der Waals surface area contributed by atoms with Gasteiger partial charge in [-0.25, -0.2) is 0 Å². The summed E-state index contributed by atoms with van der Waals surface area (Å²) >= 11 is 4.46. The molecule has 0 amide bonds. The van der Waals surface area contributed by atoms with Gasteiger partial charge in [0.25, 0.3) is 0 Å². The molecule has 1 saturated carbocycles. The highest BCUT2D eigenvalue weighted by Crippen LogP contribution is 2.25. The zero-order chi connectivity index (χ0) is 8.16. The monoisotopic (exact) mass is 173 g/mol. The van der Waals surface area contributed by atoms with Crippen molar-refractivity contribution < 1.29 is 0 Å². The van der Waals surface area contributed by atoms with Gasteiger partial charge in [-0.05, 0) is 12.8 Å². The molecule has 0 bridgehead atoms. The Balaban J connectivity index is 2.31. The molecule has 1 nitrogen and oxygen atoms in total. The first kappa shape index (κ1) is 9.40. The van der Waals surface area contributed by atoms with E-state index in [0.29, 0.717) is 0 Å². The van der Waals surface area contributed by atoms with Crippen LogP contribution in [0.1, 0.15) is 51.4 Å². The summed E-state index contributed by atoms with van der Waals surface area (Å²) in [6.45, 7) is 0. The lowest BCUT2D eigenvalue weighted by Crippen LogP contribution is -2.32. The van der Waals surface area contributed by atoms with E-state index < -0.39 is 0 Å². The minimum Gasteiger partial charge on any atom is -0.317 e. The fourth-order valence-electron chi connectivity index (χ4n) is 1.69. The van der Waals surface area contributed by atoms with Crippen LogP contribution in [0.25, 0.3) is 0 Å². The van der Waals surface area contributed by atoms with Crippen LogP contribution in [0.4, 0.5) is 0 Å². The minimum atomic E-state index is -0.162. The Hall–Kier alpha value is 0.310. The fourth-order valence-corrected chi connectivity index (χ4v) is 2.01. The van der Waals surface area contributed by atoms with Crippen LogP contribution in [0.3, 0.4) is 0 Å². The Morgan fingerprint density at radius 1 is 0.818 bits per heavy atom. The molecule has 0 aromatic carbocycles. The molecule has 2 N–H and O–H groups in total. The van der Waals surface area contributed by atoms with Gasteiger partial charge in [-0.15, -0.1) is 0 Å². The van der Waals surface area contributed by atoms with E-state index in [1.165, 1.54) is 38.5 Å². The van der Waals surface area contributed by atoms with E-state index in [4.69, 9.17) is 5.73 Å². The normalized spacial score (nSPS) is 26.7. The molecule has 0 aliphatic heterocycles. The molecule has 0 unspecified atom stereocenters. The second kappa shape index (κ2) is 4.36. The quantitative estimate of drug-likeness (QED) is 0.427. The highest BCUT2D eigenvalue weighted by Gasteiger charge is 2.18. The number of thiol groups is 1. The first-order valence-electron chi connectivity index (χ1n) is 4.72. The van der Waals surface area contributed by atoms with Crippen LogP contribution >= 0.6 is 12.6 Å². The van der Waals surface area contributed by atoms with E-state index >= 15 is 0 Å². The smallest absolute Gasteiger partial charge is 0.0590 e. The van der Waals surface area contributed by atoms with Crippen LogP contribution < -0.4 is 5.73 Å². The van der Waals surface area contributed by atoms with Gasteiger partial charge in [-0.3, -0.25) is 0 Å². The second-order valence-corrected chi connectivity index (χ2v) is 4.62. The Bertz CT molecular complexity index is 100. The summed E-state index contributed by atoms with van der Waals surface area (Å²) < 4.78 is 0. The SMILES string of the molecule is NC1(S)CCCCCCCC1. The summed E-state index contributed by atoms with van der Waals surface area (Å²) in [6.07, 6.45) is 10.2. The van der Waals surface area contributed by atoms with Gasteiger partial charge in [-0.1, -0.05) is 38.5 Å². The van der Waals surface area contributed by atoms with Crippen molar-refractivity contribution in [2.75, 3.05) is 0 Å². The average molecular weight is 173 g/mol. The predicted molar refractivity (Wildman–Crippen MR) is 52.8 cm³/mol. The van der Waals surface area contributed by atoms with Gasteiger partial charge in [0.1, 0.15) is 0 Å². The summed E-state index contributed by atoms with van der Waals surface area (Å²) in [5, 5.41) is 0. The summed E-state index contributed by atoms with van der Waals surface area (Å²) in [7, 11) is 0. The highest BCUT2D eigenvalue weighted by molar-refractivity contribution is 7.81. The molecule has 1 rings (SSSR count). The molecule has 1 fully saturated rings. The predicted octanol–water partition coefficient (Wildman–Crippen LogP) is 2.71. The fraction of sp³-hybridized carbons (Fsp3) is 1.00. The van der Waals surface area contributed by atoms with Crippen LogP contribution in [-0.2, 0) is 0 Å². The van der Waals surface area contributed by atoms with Crippen LogP contribution in [0.15, 0.2) is 0 Å². The lowest BCUT2D eigenvalue weighted by atomic mass is 10.1. The van der Waals surface area contributed by atoms with Gasteiger partial charge in [0.15, 0.2) is 0 Å². The maximum absolute atomic E-state index is 5.98. The number of rotatable bonds is 0. The molecule has 1 aliphatic carbocycles. The molecular formula is C9H19NS. The van der Waals surface area contributed by atoms with Crippen molar-refractivity contribution in [3.8, 4) is 0 Å². The molecule has 0 saturated heterocycles. The molecule has 0 spiro atoms. The molecule has 0 aromatic heterocycles. The Morgan fingerprint density at radius 3 is 1.64 bits per heavy atom. The maximum Gasteiger partial charge on any atom is 0.0590 e. The van der Waals surface area contributed by atoms with Crippen molar-refractivity contribution in [1.82, 2.24) is 0 Å². The standard InChI is InChI=1S/C9H19NS/c10-9(11)7-5-3-1-2-4-6-8-9/h11H,1-8,10H2. The molecule has 0 aromatic rings. The van der Waals surface area contributed by atoms with Gasteiger partial charge in [0.05, 0.1) is 4.87 Å². The third kappa shape index (κ3) is 4.02. The van der Waals surface area contributed by atoms with Gasteiger partial charge in [-0.2, -0.15) is 12.6 Å². The molecule has 0 heterocycles. The van der Waals surface area contributed by atoms with Crippen LogP contribution in [-0.4, -0.2) is 4.87 Å². The summed E-state index contributed by atoms with van der Waals surface area (Å²) in [4.78, 5) is -0.162. The van der Waals surface area contributed by atoms with Crippen LogP contribution in [0, 0.1) is 0 Å². The van der Waals surface area contributed by atoms with Crippen molar-refractivity contribution >= 4 is 12.6 Å². The topological polar surface area (TPSA) is 26.0 Å². The number of hydrogen-bond donors (Lipinski definition) is 2. The third-order valence-corrected chi connectivity index (χ3v) is 2.92. The van der Waals surface area contributed by atoms with Crippen LogP contribution in [0.5, 0.6) is 0 Å². The van der Waals surface area contributed by atoms with Gasteiger partial charge in [0, 0.05) is 0 Å². The molecule has 2 heteroatoms. The lowest BCUT2D eigenvalue weighted by Gasteiger charge is -2.22. The zero-order valence-corrected chi connectivity index (χ0v) is 8.08. The van der Waals surface area contributed by atoms with E-state index in [1.54, 1.807) is 0 Å². The van der Waals surface area contributed by atoms with E-state index in [9.17, 15) is 0 Å². The van der Waals surface area contributed by atoms with Crippen molar-refractivity contribution in [2.45, 2.75) is 56.2 Å². The largest absolute Gasteiger partial charge is 0.317 e. The van der Waals surface area contributed by atoms with E-state index in [0.717, 1.165) is 12.8 Å². The number of nitrogens with two attached hydrogens (primary N) is 1. The van der Waals surface area contributed by atoms with E-state index in [-0.39, 0.29) is 4.87 Å². The van der Waals surface area contributed by atoms with Gasteiger partial charge >= 0.3 is 0 Å². The van der Waals surface area contributed by atoms with Crippen molar-refractivity contribution in [3.05, 3.63) is 0 Å². The molecule has 0 atom stereocenters. The zero-order valence-electron chi connectivity index (χ0n) is 7.18. The minimum absolute atomic E-state index is 0.162. The molecule has 66 valence electrons. The van der Waals surface area contributed by atoms with E-state index in [1.807, 2.05) is 0 Å². The maximum atomic E-state index is 5.98. The first-order valence-corrected chi connectivity index (χ1v) is 5.17. The van der Waals surface area contributed by atoms with Crippen molar-refractivity contribution in [3.63, 3.8) is 0 Å². The Kier molecular flexibility index (Phi) is 3.73. The summed E-state index contributed by atoms with van der Waals surface area (Å²) in [5.41, 5.74) is 5.98. The highest BCUT2D eigenvalue weighted by atomic mass is 32.1. The number of hydrogen-bond acceptors (Lipinski definition) is 2. The van der Waals surface area contributed by atoms with E-state index in [2.05, 4.69) is 12.6 Å². The Morgan fingerprint density at radius 2 is 1.18 bits per heavy atom.